The van der Waals surface area contributed by atoms with E-state index in [0.29, 0.717) is 5.69 Å². The molecule has 2 aromatic rings. The number of halogens is 3. The van der Waals surface area contributed by atoms with Crippen LogP contribution in [0.1, 0.15) is 0 Å². The second-order valence-corrected chi connectivity index (χ2v) is 10.4. The molecule has 1 aliphatic heterocycles. The minimum absolute atomic E-state index is 0.182. The fraction of sp³-hybridized carbons (Fsp3) is 0.316. The number of pyridine rings is 1. The predicted octanol–water partition coefficient (Wildman–Crippen LogP) is 3.90. The molecular weight excluding hydrogens is 485 g/mol. The Morgan fingerprint density at radius 3 is 2.67 bits per heavy atom. The Bertz CT molecular complexity index is 927. The summed E-state index contributed by atoms with van der Waals surface area (Å²) in [4.78, 5) is 18.8. The minimum Gasteiger partial charge on any atom is -0.376 e. The van der Waals surface area contributed by atoms with Crippen LogP contribution in [0.25, 0.3) is 10.9 Å². The maximum atomic E-state index is 12.3. The number of hydrogen-bond donors (Lipinski definition) is 3. The molecule has 160 valence electrons. The quantitative estimate of drug-likeness (QED) is 0.247. The number of rotatable bonds is 5. The molecular formula is C19H20Cl3N5OS2. The Labute approximate surface area is 199 Å². The van der Waals surface area contributed by atoms with Gasteiger partial charge in [0.2, 0.25) is 9.70 Å². The average molecular weight is 505 g/mol. The van der Waals surface area contributed by atoms with Crippen LogP contribution < -0.4 is 16.0 Å². The molecule has 0 bridgehead atoms. The number of carbonyl (C=O) groups is 1. The molecule has 30 heavy (non-hydrogen) atoms. The molecule has 1 atom stereocenters. The molecule has 0 radical (unpaired) electrons. The number of thioether (sulfide) groups is 1. The third kappa shape index (κ3) is 6.78. The highest BCUT2D eigenvalue weighted by atomic mass is 35.6. The van der Waals surface area contributed by atoms with Gasteiger partial charge in [-0.15, -0.1) is 0 Å². The summed E-state index contributed by atoms with van der Waals surface area (Å²) in [6.45, 7) is 1.79. The molecule has 3 N–H and O–H groups in total. The number of amides is 1. The highest BCUT2D eigenvalue weighted by Gasteiger charge is 2.34. The van der Waals surface area contributed by atoms with E-state index >= 15 is 0 Å². The predicted molar refractivity (Wildman–Crippen MR) is 131 cm³/mol. The first-order chi connectivity index (χ1) is 14.3. The average Bonchev–Trinajstić information content (AvgIpc) is 2.72. The summed E-state index contributed by atoms with van der Waals surface area (Å²) < 4.78 is -1.83. The van der Waals surface area contributed by atoms with Crippen molar-refractivity contribution in [3.8, 4) is 0 Å². The monoisotopic (exact) mass is 503 g/mol. The smallest absolute Gasteiger partial charge is 0.247 e. The van der Waals surface area contributed by atoms with Crippen LogP contribution >= 0.6 is 58.8 Å². The van der Waals surface area contributed by atoms with Crippen molar-refractivity contribution < 1.29 is 4.79 Å². The number of aromatic nitrogens is 1. The van der Waals surface area contributed by atoms with Gasteiger partial charge in [-0.25, -0.2) is 0 Å². The van der Waals surface area contributed by atoms with Crippen LogP contribution in [0.4, 0.5) is 5.69 Å². The fourth-order valence-electron chi connectivity index (χ4n) is 2.78. The van der Waals surface area contributed by atoms with Gasteiger partial charge < -0.3 is 20.9 Å². The van der Waals surface area contributed by atoms with Gasteiger partial charge in [0.05, 0.1) is 11.2 Å². The van der Waals surface area contributed by atoms with E-state index in [1.165, 1.54) is 6.08 Å². The summed E-state index contributed by atoms with van der Waals surface area (Å²) in [7, 11) is 0. The maximum Gasteiger partial charge on any atom is 0.247 e. The lowest BCUT2D eigenvalue weighted by Crippen LogP contribution is -2.55. The molecule has 6 nitrogen and oxygen atoms in total. The van der Waals surface area contributed by atoms with Gasteiger partial charge in [-0.3, -0.25) is 9.78 Å². The summed E-state index contributed by atoms with van der Waals surface area (Å²) in [5.74, 6) is 1.67. The summed E-state index contributed by atoms with van der Waals surface area (Å²) in [6, 6.07) is 9.47. The molecule has 1 amide bonds. The van der Waals surface area contributed by atoms with E-state index in [2.05, 4.69) is 25.8 Å². The highest BCUT2D eigenvalue weighted by Crippen LogP contribution is 2.29. The van der Waals surface area contributed by atoms with Crippen molar-refractivity contribution in [2.24, 2.45) is 0 Å². The van der Waals surface area contributed by atoms with E-state index in [0.717, 1.165) is 35.5 Å². The lowest BCUT2D eigenvalue weighted by molar-refractivity contribution is -0.117. The van der Waals surface area contributed by atoms with Crippen LogP contribution in [-0.2, 0) is 4.79 Å². The molecule has 0 saturated carbocycles. The van der Waals surface area contributed by atoms with Crippen LogP contribution in [0.2, 0.25) is 0 Å². The van der Waals surface area contributed by atoms with Crippen molar-refractivity contribution in [3.05, 3.63) is 48.8 Å². The Morgan fingerprint density at radius 1 is 1.20 bits per heavy atom. The zero-order chi connectivity index (χ0) is 21.6. The van der Waals surface area contributed by atoms with E-state index in [1.807, 2.05) is 42.1 Å². The minimum atomic E-state index is -1.83. The maximum absolute atomic E-state index is 12.3. The first-order valence-electron chi connectivity index (χ1n) is 9.11. The van der Waals surface area contributed by atoms with Gasteiger partial charge in [0.1, 0.15) is 6.17 Å². The van der Waals surface area contributed by atoms with Gasteiger partial charge in [-0.05, 0) is 24.4 Å². The van der Waals surface area contributed by atoms with Crippen LogP contribution in [-0.4, -0.2) is 55.5 Å². The molecule has 0 aliphatic carbocycles. The highest BCUT2D eigenvalue weighted by molar-refractivity contribution is 7.99. The molecule has 2 heterocycles. The summed E-state index contributed by atoms with van der Waals surface area (Å²) in [5.41, 5.74) is 1.45. The Balaban J connectivity index is 1.63. The number of carbonyl (C=O) groups excluding carboxylic acids is 1. The number of thiocarbonyl (C=S) groups is 1. The van der Waals surface area contributed by atoms with Gasteiger partial charge in [-0.2, -0.15) is 11.8 Å². The molecule has 3 rings (SSSR count). The third-order valence-electron chi connectivity index (χ3n) is 4.25. The van der Waals surface area contributed by atoms with Crippen LogP contribution in [0, 0.1) is 0 Å². The van der Waals surface area contributed by atoms with Crippen molar-refractivity contribution in [3.63, 3.8) is 0 Å². The summed E-state index contributed by atoms with van der Waals surface area (Å²) >= 11 is 25.4. The standard InChI is InChI=1S/C19H20Cl3N5OS2/c20-19(21,22)17(25-15(28)6-8-27-9-11-30-12-10-27)26-18(29)24-14-5-1-3-13-4-2-7-23-16(13)14/h1-8,17H,9-12H2,(H,25,28)(H2,24,26,29)/b8-6+. The van der Waals surface area contributed by atoms with Crippen LogP contribution in [0.3, 0.4) is 0 Å². The second-order valence-electron chi connectivity index (χ2n) is 6.43. The second kappa shape index (κ2) is 10.7. The molecule has 1 aliphatic rings. The van der Waals surface area contributed by atoms with Gasteiger partial charge in [0, 0.05) is 48.5 Å². The van der Waals surface area contributed by atoms with Crippen molar-refractivity contribution in [2.45, 2.75) is 9.96 Å². The van der Waals surface area contributed by atoms with Gasteiger partial charge in [0.15, 0.2) is 5.11 Å². The van der Waals surface area contributed by atoms with Crippen molar-refractivity contribution in [1.82, 2.24) is 20.5 Å². The number of nitrogens with one attached hydrogen (secondary N) is 3. The molecule has 11 heteroatoms. The number of alkyl halides is 3. The lowest BCUT2D eigenvalue weighted by Gasteiger charge is -2.28. The number of para-hydroxylation sites is 1. The number of hydrogen-bond acceptors (Lipinski definition) is 5. The van der Waals surface area contributed by atoms with Gasteiger partial charge in [0.25, 0.3) is 0 Å². The zero-order valence-corrected chi connectivity index (χ0v) is 19.7. The Kier molecular flexibility index (Phi) is 8.30. The molecule has 1 unspecified atom stereocenters. The Hall–Kier alpha value is -1.45. The van der Waals surface area contributed by atoms with Crippen molar-refractivity contribution in [2.75, 3.05) is 29.9 Å². The van der Waals surface area contributed by atoms with E-state index < -0.39 is 15.9 Å². The van der Waals surface area contributed by atoms with Gasteiger partial charge in [-0.1, -0.05) is 53.0 Å². The van der Waals surface area contributed by atoms with E-state index in [9.17, 15) is 4.79 Å². The number of benzene rings is 1. The third-order valence-corrected chi connectivity index (χ3v) is 6.07. The number of anilines is 1. The molecule has 1 aromatic carbocycles. The zero-order valence-electron chi connectivity index (χ0n) is 15.8. The molecule has 1 saturated heterocycles. The topological polar surface area (TPSA) is 69.3 Å². The molecule has 1 aromatic heterocycles. The SMILES string of the molecule is O=C(/C=C/N1CCSCC1)NC(NC(=S)Nc1cccc2cccnc12)C(Cl)(Cl)Cl. The van der Waals surface area contributed by atoms with Crippen molar-refractivity contribution in [1.29, 1.82) is 0 Å². The van der Waals surface area contributed by atoms with E-state index in [4.69, 9.17) is 47.0 Å². The normalized spacial score (nSPS) is 15.8. The van der Waals surface area contributed by atoms with Crippen molar-refractivity contribution >= 4 is 86.4 Å². The first kappa shape index (κ1) is 23.2. The largest absolute Gasteiger partial charge is 0.376 e. The molecule has 1 fully saturated rings. The van der Waals surface area contributed by atoms with Crippen LogP contribution in [0.5, 0.6) is 0 Å². The molecule has 0 spiro atoms. The van der Waals surface area contributed by atoms with Crippen LogP contribution in [0.15, 0.2) is 48.8 Å². The van der Waals surface area contributed by atoms with E-state index in [-0.39, 0.29) is 5.11 Å². The fourth-order valence-corrected chi connectivity index (χ4v) is 4.27. The van der Waals surface area contributed by atoms with E-state index in [1.54, 1.807) is 12.4 Å². The lowest BCUT2D eigenvalue weighted by atomic mass is 10.2. The summed E-state index contributed by atoms with van der Waals surface area (Å²) in [5, 5.41) is 9.68. The number of fused-ring (bicyclic) bond motifs is 1. The number of nitrogens with zero attached hydrogens (tertiary/aromatic N) is 2. The summed E-state index contributed by atoms with van der Waals surface area (Å²) in [6.07, 6.45) is 3.83. The van der Waals surface area contributed by atoms with Gasteiger partial charge >= 0.3 is 0 Å². The Morgan fingerprint density at radius 2 is 1.93 bits per heavy atom. The first-order valence-corrected chi connectivity index (χ1v) is 11.8.